The van der Waals surface area contributed by atoms with Crippen LogP contribution in [-0.2, 0) is 0 Å². The minimum atomic E-state index is -0.459. The maximum absolute atomic E-state index is 12.3. The minimum absolute atomic E-state index is 0.176. The first-order valence-corrected chi connectivity index (χ1v) is 7.83. The fraction of sp³-hybridized carbons (Fsp3) is 0.400. The summed E-state index contributed by atoms with van der Waals surface area (Å²) in [6.07, 6.45) is 6.51. The molecule has 0 aliphatic heterocycles. The third-order valence-corrected chi connectivity index (χ3v) is 4.41. The van der Waals surface area contributed by atoms with E-state index in [9.17, 15) is 9.90 Å². The van der Waals surface area contributed by atoms with E-state index in [0.717, 1.165) is 35.5 Å². The molecule has 5 nitrogen and oxygen atoms in total. The van der Waals surface area contributed by atoms with Gasteiger partial charge in [0.15, 0.2) is 0 Å². The average Bonchev–Trinajstić information content (AvgIpc) is 2.50. The smallest absolute Gasteiger partial charge is 0.270 e. The average molecular weight is 350 g/mol. The molecule has 1 aliphatic rings. The lowest BCUT2D eigenvalue weighted by Crippen LogP contribution is -2.45. The second-order valence-electron chi connectivity index (χ2n) is 5.32. The number of aliphatic hydroxyl groups is 1. The number of nitrogens with one attached hydrogen (secondary N) is 1. The van der Waals surface area contributed by atoms with E-state index in [4.69, 9.17) is 0 Å². The highest BCUT2D eigenvalue weighted by Gasteiger charge is 2.25. The van der Waals surface area contributed by atoms with E-state index in [1.807, 2.05) is 6.07 Å². The van der Waals surface area contributed by atoms with Gasteiger partial charge in [0.2, 0.25) is 0 Å². The molecule has 21 heavy (non-hydrogen) atoms. The molecule has 0 radical (unpaired) electrons. The Hall–Kier alpha value is -1.53. The number of amides is 1. The lowest BCUT2D eigenvalue weighted by atomic mass is 9.92. The van der Waals surface area contributed by atoms with E-state index in [-0.39, 0.29) is 11.9 Å². The van der Waals surface area contributed by atoms with E-state index < -0.39 is 6.10 Å². The Morgan fingerprint density at radius 2 is 2.10 bits per heavy atom. The number of fused-ring (bicyclic) bond motifs is 1. The van der Waals surface area contributed by atoms with Crippen LogP contribution in [0.3, 0.4) is 0 Å². The van der Waals surface area contributed by atoms with Crippen molar-refractivity contribution in [1.82, 2.24) is 15.3 Å². The van der Waals surface area contributed by atoms with Crippen molar-refractivity contribution in [2.75, 3.05) is 0 Å². The van der Waals surface area contributed by atoms with E-state index in [1.54, 1.807) is 18.5 Å². The maximum Gasteiger partial charge on any atom is 0.270 e. The summed E-state index contributed by atoms with van der Waals surface area (Å²) in [5.74, 6) is -0.244. The molecule has 2 aromatic heterocycles. The minimum Gasteiger partial charge on any atom is -0.391 e. The Morgan fingerprint density at radius 1 is 1.29 bits per heavy atom. The summed E-state index contributed by atoms with van der Waals surface area (Å²) in [5, 5.41) is 13.7. The first-order chi connectivity index (χ1) is 10.1. The fourth-order valence-corrected chi connectivity index (χ4v) is 3.09. The van der Waals surface area contributed by atoms with Gasteiger partial charge in [-0.1, -0.05) is 12.8 Å². The molecule has 0 spiro atoms. The molecule has 2 unspecified atom stereocenters. The van der Waals surface area contributed by atoms with Gasteiger partial charge in [0.1, 0.15) is 5.69 Å². The zero-order valence-corrected chi connectivity index (χ0v) is 13.0. The van der Waals surface area contributed by atoms with Crippen LogP contribution >= 0.6 is 15.9 Å². The summed E-state index contributed by atoms with van der Waals surface area (Å²) in [7, 11) is 0. The molecule has 2 aromatic rings. The summed E-state index contributed by atoms with van der Waals surface area (Å²) in [5.41, 5.74) is 1.06. The van der Waals surface area contributed by atoms with Crippen LogP contribution in [-0.4, -0.2) is 33.1 Å². The van der Waals surface area contributed by atoms with Gasteiger partial charge in [0.25, 0.3) is 5.91 Å². The van der Waals surface area contributed by atoms with Crippen molar-refractivity contribution in [3.8, 4) is 0 Å². The number of pyridine rings is 2. The number of carbonyl (C=O) groups excluding carboxylic acids is 1. The van der Waals surface area contributed by atoms with Gasteiger partial charge in [0.05, 0.1) is 22.1 Å². The number of nitrogens with zero attached hydrogens (tertiary/aromatic N) is 2. The SMILES string of the molecule is O=C(NC1CCCCC1O)c1ccc2cncc(Br)c2n1. The third kappa shape index (κ3) is 3.06. The molecule has 2 heterocycles. The van der Waals surface area contributed by atoms with Crippen LogP contribution in [0.15, 0.2) is 29.0 Å². The molecule has 2 N–H and O–H groups in total. The largest absolute Gasteiger partial charge is 0.391 e. The molecule has 3 rings (SSSR count). The van der Waals surface area contributed by atoms with Crippen LogP contribution in [0.2, 0.25) is 0 Å². The number of aliphatic hydroxyl groups excluding tert-OH is 1. The van der Waals surface area contributed by atoms with E-state index in [0.29, 0.717) is 11.2 Å². The Labute approximate surface area is 130 Å². The molecule has 1 saturated carbocycles. The van der Waals surface area contributed by atoms with Crippen molar-refractivity contribution in [3.05, 3.63) is 34.7 Å². The highest BCUT2D eigenvalue weighted by Crippen LogP contribution is 2.21. The van der Waals surface area contributed by atoms with E-state index in [2.05, 4.69) is 31.2 Å². The predicted molar refractivity (Wildman–Crippen MR) is 83.0 cm³/mol. The van der Waals surface area contributed by atoms with Crippen LogP contribution in [0.25, 0.3) is 10.9 Å². The van der Waals surface area contributed by atoms with Crippen LogP contribution in [0.4, 0.5) is 0 Å². The summed E-state index contributed by atoms with van der Waals surface area (Å²) in [6, 6.07) is 3.33. The van der Waals surface area contributed by atoms with Crippen molar-refractivity contribution in [1.29, 1.82) is 0 Å². The third-order valence-electron chi connectivity index (χ3n) is 3.83. The number of rotatable bonds is 2. The second kappa shape index (κ2) is 6.07. The van der Waals surface area contributed by atoms with Gasteiger partial charge < -0.3 is 10.4 Å². The number of aromatic nitrogens is 2. The number of halogens is 1. The maximum atomic E-state index is 12.3. The summed E-state index contributed by atoms with van der Waals surface area (Å²) in [6.45, 7) is 0. The molecule has 0 aromatic carbocycles. The van der Waals surface area contributed by atoms with E-state index >= 15 is 0 Å². The number of hydrogen-bond donors (Lipinski definition) is 2. The summed E-state index contributed by atoms with van der Waals surface area (Å²) >= 11 is 3.39. The number of carbonyl (C=O) groups is 1. The molecule has 0 saturated heterocycles. The molecular weight excluding hydrogens is 334 g/mol. The molecule has 0 bridgehead atoms. The standard InChI is InChI=1S/C15H16BrN3O2/c16-10-8-17-7-9-5-6-12(18-14(9)10)15(21)19-11-3-1-2-4-13(11)20/h5-8,11,13,20H,1-4H2,(H,19,21). The summed E-state index contributed by atoms with van der Waals surface area (Å²) in [4.78, 5) is 20.8. The molecule has 110 valence electrons. The molecule has 6 heteroatoms. The van der Waals surface area contributed by atoms with Crippen molar-refractivity contribution >= 4 is 32.7 Å². The van der Waals surface area contributed by atoms with Gasteiger partial charge in [-0.3, -0.25) is 9.78 Å². The van der Waals surface area contributed by atoms with Crippen molar-refractivity contribution < 1.29 is 9.90 Å². The Kier molecular flexibility index (Phi) is 4.17. The Morgan fingerprint density at radius 3 is 2.90 bits per heavy atom. The van der Waals surface area contributed by atoms with Gasteiger partial charge in [0, 0.05) is 17.8 Å². The normalized spacial score (nSPS) is 22.2. The summed E-state index contributed by atoms with van der Waals surface area (Å²) < 4.78 is 0.757. The molecule has 2 atom stereocenters. The van der Waals surface area contributed by atoms with Gasteiger partial charge in [-0.2, -0.15) is 0 Å². The molecule has 1 fully saturated rings. The lowest BCUT2D eigenvalue weighted by molar-refractivity contribution is 0.0714. The van der Waals surface area contributed by atoms with Gasteiger partial charge in [-0.15, -0.1) is 0 Å². The van der Waals surface area contributed by atoms with Crippen LogP contribution in [0.5, 0.6) is 0 Å². The molecule has 1 aliphatic carbocycles. The first-order valence-electron chi connectivity index (χ1n) is 7.04. The van der Waals surface area contributed by atoms with Crippen molar-refractivity contribution in [2.24, 2.45) is 0 Å². The van der Waals surface area contributed by atoms with Crippen molar-refractivity contribution in [2.45, 2.75) is 37.8 Å². The Bertz CT molecular complexity index is 677. The van der Waals surface area contributed by atoms with Gasteiger partial charge in [-0.25, -0.2) is 4.98 Å². The topological polar surface area (TPSA) is 75.1 Å². The zero-order chi connectivity index (χ0) is 14.8. The fourth-order valence-electron chi connectivity index (χ4n) is 2.66. The molecule has 1 amide bonds. The van der Waals surface area contributed by atoms with Gasteiger partial charge >= 0.3 is 0 Å². The first kappa shape index (κ1) is 14.4. The van der Waals surface area contributed by atoms with Crippen molar-refractivity contribution in [3.63, 3.8) is 0 Å². The second-order valence-corrected chi connectivity index (χ2v) is 6.18. The van der Waals surface area contributed by atoms with Gasteiger partial charge in [-0.05, 0) is 40.9 Å². The predicted octanol–water partition coefficient (Wildman–Crippen LogP) is 2.43. The zero-order valence-electron chi connectivity index (χ0n) is 11.4. The van der Waals surface area contributed by atoms with E-state index in [1.165, 1.54) is 0 Å². The van der Waals surface area contributed by atoms with Crippen LogP contribution < -0.4 is 5.32 Å². The van der Waals surface area contributed by atoms with Crippen LogP contribution in [0.1, 0.15) is 36.2 Å². The highest BCUT2D eigenvalue weighted by atomic mass is 79.9. The number of hydrogen-bond acceptors (Lipinski definition) is 4. The lowest BCUT2D eigenvalue weighted by Gasteiger charge is -2.28. The highest BCUT2D eigenvalue weighted by molar-refractivity contribution is 9.10. The monoisotopic (exact) mass is 349 g/mol. The molecular formula is C15H16BrN3O2. The Balaban J connectivity index is 1.82. The quantitative estimate of drug-likeness (QED) is 0.872. The van der Waals surface area contributed by atoms with Crippen LogP contribution in [0, 0.1) is 0 Å².